The summed E-state index contributed by atoms with van der Waals surface area (Å²) < 4.78 is 0. The second kappa shape index (κ2) is 18.1. The van der Waals surface area contributed by atoms with Gasteiger partial charge in [-0.15, -0.1) is 0 Å². The smallest absolute Gasteiger partial charge is 0.00586 e. The molecule has 9 rings (SSSR count). The third-order valence-corrected chi connectivity index (χ3v) is 13.5. The first-order valence-electron chi connectivity index (χ1n) is 22.5. The van der Waals surface area contributed by atoms with E-state index in [1.807, 2.05) is 0 Å². The Morgan fingerprint density at radius 2 is 1.52 bits per heavy atom. The molecule has 6 aliphatic carbocycles. The Hall–Kier alpha value is -5.98. The van der Waals surface area contributed by atoms with Crippen molar-refractivity contribution >= 4 is 16.7 Å². The van der Waals surface area contributed by atoms with Crippen LogP contribution in [0.2, 0.25) is 0 Å². The maximum Gasteiger partial charge on any atom is 0.00586 e. The van der Waals surface area contributed by atoms with Crippen molar-refractivity contribution in [2.24, 2.45) is 23.7 Å². The van der Waals surface area contributed by atoms with Gasteiger partial charge in [0.15, 0.2) is 0 Å². The van der Waals surface area contributed by atoms with Crippen LogP contribution in [0.4, 0.5) is 0 Å². The summed E-state index contributed by atoms with van der Waals surface area (Å²) in [4.78, 5) is 0. The van der Waals surface area contributed by atoms with Crippen molar-refractivity contribution in [3.63, 3.8) is 0 Å². The van der Waals surface area contributed by atoms with Crippen LogP contribution in [0.15, 0.2) is 222 Å². The second-order valence-corrected chi connectivity index (χ2v) is 17.3. The number of hydrogen-bond donors (Lipinski definition) is 0. The summed E-state index contributed by atoms with van der Waals surface area (Å²) in [6.07, 6.45) is 51.6. The number of fused-ring (bicyclic) bond motifs is 2. The molecule has 0 bridgehead atoms. The lowest BCUT2D eigenvalue weighted by molar-refractivity contribution is 0.412. The fraction of sp³-hybridized carbons (Fsp3) is 0.233. The highest BCUT2D eigenvalue weighted by molar-refractivity contribution is 5.95. The van der Waals surface area contributed by atoms with Crippen molar-refractivity contribution in [1.82, 2.24) is 0 Å². The van der Waals surface area contributed by atoms with Crippen molar-refractivity contribution in [3.05, 3.63) is 244 Å². The zero-order chi connectivity index (χ0) is 40.8. The molecule has 0 saturated heterocycles. The lowest BCUT2D eigenvalue weighted by atomic mass is 9.70. The first-order chi connectivity index (χ1) is 29.5. The zero-order valence-corrected chi connectivity index (χ0v) is 35.5. The van der Waals surface area contributed by atoms with Gasteiger partial charge in [-0.3, -0.25) is 0 Å². The topological polar surface area (TPSA) is 0 Å². The Kier molecular flexibility index (Phi) is 11.9. The number of rotatable bonds is 7. The Morgan fingerprint density at radius 1 is 0.650 bits per heavy atom. The van der Waals surface area contributed by atoms with Gasteiger partial charge in [0.25, 0.3) is 0 Å². The largest absolute Gasteiger partial charge is 0.0915 e. The summed E-state index contributed by atoms with van der Waals surface area (Å²) >= 11 is 0. The third kappa shape index (κ3) is 8.39. The minimum Gasteiger partial charge on any atom is -0.0915 e. The molecule has 6 aliphatic rings. The molecule has 0 aromatic heterocycles. The molecule has 0 radical (unpaired) electrons. The Bertz CT molecular complexity index is 2570. The van der Waals surface area contributed by atoms with Gasteiger partial charge in [-0.1, -0.05) is 171 Å². The van der Waals surface area contributed by atoms with E-state index in [-0.39, 0.29) is 0 Å². The van der Waals surface area contributed by atoms with Crippen LogP contribution >= 0.6 is 0 Å². The van der Waals surface area contributed by atoms with Gasteiger partial charge in [0.05, 0.1) is 0 Å². The highest BCUT2D eigenvalue weighted by Gasteiger charge is 2.30. The molecule has 298 valence electrons. The van der Waals surface area contributed by atoms with Crippen LogP contribution in [0, 0.1) is 30.6 Å². The van der Waals surface area contributed by atoms with Gasteiger partial charge in [0.1, 0.15) is 0 Å². The molecule has 0 spiro atoms. The highest BCUT2D eigenvalue weighted by Crippen LogP contribution is 2.45. The van der Waals surface area contributed by atoms with E-state index in [9.17, 15) is 0 Å². The maximum atomic E-state index is 4.85. The average Bonchev–Trinajstić information content (AvgIpc) is 3.69. The fourth-order valence-electron chi connectivity index (χ4n) is 10.2. The molecule has 0 nitrogen and oxygen atoms in total. The standard InChI is InChI=1S/C60H58/c1-4-44-37-52(46-22-13-8-14-23-46)38-53(41-60(44)48-24-9-5-6-10-25-48)55-30-17-18-31-56(55)58-40-51(33-32-42(58)2)49-28-19-27-47-26-15-16-29-54(47)57-35-34-50(39-59(57)43(3)36-49)45-20-11-7-12-21-45/h5-6,8-9,11,13-15,17-26,28,30-38,40-41,44,47,50,54H,3-4,7,10,12,16,27,29,39H2,1-2H3. The number of aryl methyl sites for hydroxylation is 1. The Morgan fingerprint density at radius 3 is 2.37 bits per heavy atom. The van der Waals surface area contributed by atoms with Crippen LogP contribution in [-0.2, 0) is 0 Å². The molecular formula is C60H58. The first-order valence-corrected chi connectivity index (χ1v) is 22.5. The van der Waals surface area contributed by atoms with E-state index in [0.29, 0.717) is 23.7 Å². The molecule has 0 aliphatic heterocycles. The third-order valence-electron chi connectivity index (χ3n) is 13.5. The van der Waals surface area contributed by atoms with Gasteiger partial charge in [-0.25, -0.2) is 0 Å². The van der Waals surface area contributed by atoms with E-state index >= 15 is 0 Å². The molecule has 4 unspecified atom stereocenters. The number of allylic oxidation sites excluding steroid dienone is 27. The number of hydrogen-bond acceptors (Lipinski definition) is 0. The molecular weight excluding hydrogens is 721 g/mol. The summed E-state index contributed by atoms with van der Waals surface area (Å²) in [5, 5.41) is 0. The van der Waals surface area contributed by atoms with Gasteiger partial charge in [0, 0.05) is 11.8 Å². The van der Waals surface area contributed by atoms with E-state index < -0.39 is 0 Å². The van der Waals surface area contributed by atoms with Crippen LogP contribution in [0.3, 0.4) is 0 Å². The lowest BCUT2D eigenvalue weighted by Gasteiger charge is -2.34. The summed E-state index contributed by atoms with van der Waals surface area (Å²) in [7, 11) is 0. The van der Waals surface area contributed by atoms with Crippen molar-refractivity contribution in [3.8, 4) is 11.1 Å². The monoisotopic (exact) mass is 778 g/mol. The minimum absolute atomic E-state index is 0.292. The van der Waals surface area contributed by atoms with Crippen molar-refractivity contribution in [1.29, 1.82) is 0 Å². The summed E-state index contributed by atoms with van der Waals surface area (Å²) in [5.74, 6) is 1.72. The quantitative estimate of drug-likeness (QED) is 0.210. The predicted molar refractivity (Wildman–Crippen MR) is 259 cm³/mol. The molecule has 60 heavy (non-hydrogen) atoms. The SMILES string of the molecule is C=C1C=C(c2ccc(C)c(-c3ccccc3C3=CC(c4ccccc4)=CC(CC)C(C4=CCC=CC=C4)=C3)c2)C=CCC2C=CCCC2C2=C1CC(C1=CCCC=C1)C=C2. The van der Waals surface area contributed by atoms with E-state index in [2.05, 4.69) is 196 Å². The number of benzene rings is 3. The lowest BCUT2D eigenvalue weighted by Crippen LogP contribution is -2.21. The molecule has 0 heterocycles. The molecule has 0 fully saturated rings. The van der Waals surface area contributed by atoms with Gasteiger partial charge < -0.3 is 0 Å². The summed E-state index contributed by atoms with van der Waals surface area (Å²) in [5.41, 5.74) is 19.5. The highest BCUT2D eigenvalue weighted by atomic mass is 14.3. The van der Waals surface area contributed by atoms with Crippen molar-refractivity contribution in [2.45, 2.75) is 65.2 Å². The van der Waals surface area contributed by atoms with E-state index in [1.54, 1.807) is 0 Å². The van der Waals surface area contributed by atoms with Gasteiger partial charge >= 0.3 is 0 Å². The van der Waals surface area contributed by atoms with Crippen LogP contribution in [0.5, 0.6) is 0 Å². The van der Waals surface area contributed by atoms with Crippen LogP contribution in [0.25, 0.3) is 27.8 Å². The first kappa shape index (κ1) is 39.5. The average molecular weight is 779 g/mol. The molecule has 0 amide bonds. The molecule has 4 atom stereocenters. The van der Waals surface area contributed by atoms with Crippen molar-refractivity contribution in [2.75, 3.05) is 0 Å². The molecule has 3 aromatic rings. The van der Waals surface area contributed by atoms with Crippen LogP contribution in [-0.4, -0.2) is 0 Å². The normalized spacial score (nSPS) is 23.9. The minimum atomic E-state index is 0.292. The van der Waals surface area contributed by atoms with Gasteiger partial charge in [0.2, 0.25) is 0 Å². The van der Waals surface area contributed by atoms with E-state index in [1.165, 1.54) is 84.4 Å². The van der Waals surface area contributed by atoms with Crippen molar-refractivity contribution < 1.29 is 0 Å². The Labute approximate surface area is 359 Å². The van der Waals surface area contributed by atoms with Gasteiger partial charge in [-0.05, 0) is 178 Å². The summed E-state index contributed by atoms with van der Waals surface area (Å²) in [6.45, 7) is 9.44. The maximum absolute atomic E-state index is 4.85. The van der Waals surface area contributed by atoms with Gasteiger partial charge in [-0.2, -0.15) is 0 Å². The fourth-order valence-corrected chi connectivity index (χ4v) is 10.2. The molecule has 0 saturated carbocycles. The van der Waals surface area contributed by atoms with E-state index in [4.69, 9.17) is 6.58 Å². The zero-order valence-electron chi connectivity index (χ0n) is 35.5. The molecule has 0 N–H and O–H groups in total. The second-order valence-electron chi connectivity index (χ2n) is 17.3. The van der Waals surface area contributed by atoms with Crippen LogP contribution < -0.4 is 0 Å². The van der Waals surface area contributed by atoms with Crippen LogP contribution in [0.1, 0.15) is 80.5 Å². The molecule has 0 heteroatoms. The Balaban J connectivity index is 1.14. The summed E-state index contributed by atoms with van der Waals surface area (Å²) in [6, 6.07) is 27.1. The molecule has 3 aromatic carbocycles. The van der Waals surface area contributed by atoms with E-state index in [0.717, 1.165) is 50.5 Å². The predicted octanol–water partition coefficient (Wildman–Crippen LogP) is 16.2.